The van der Waals surface area contributed by atoms with Crippen molar-refractivity contribution in [2.75, 3.05) is 13.7 Å². The highest BCUT2D eigenvalue weighted by molar-refractivity contribution is 5.23. The van der Waals surface area contributed by atoms with Crippen molar-refractivity contribution in [3.05, 3.63) is 35.4 Å². The monoisotopic (exact) mass is 212 g/mol. The highest BCUT2D eigenvalue weighted by Gasteiger charge is 1.83. The Hall–Kier alpha value is -0.860. The second-order valence-electron chi connectivity index (χ2n) is 3.16. The van der Waals surface area contributed by atoms with E-state index >= 15 is 0 Å². The normalized spacial score (nSPS) is 8.13. The number of benzene rings is 1. The summed E-state index contributed by atoms with van der Waals surface area (Å²) < 4.78 is 0. The van der Waals surface area contributed by atoms with Gasteiger partial charge >= 0.3 is 0 Å². The van der Waals surface area contributed by atoms with Crippen LogP contribution in [-0.2, 0) is 0 Å². The van der Waals surface area contributed by atoms with Crippen LogP contribution in [0.5, 0.6) is 0 Å². The zero-order chi connectivity index (χ0) is 12.1. The quantitative estimate of drug-likeness (QED) is 0.791. The van der Waals surface area contributed by atoms with E-state index in [0.717, 1.165) is 20.0 Å². The van der Waals surface area contributed by atoms with Gasteiger partial charge in [0.15, 0.2) is 0 Å². The number of unbranched alkanes of at least 4 members (excludes halogenated alkanes) is 1. The minimum Gasteiger partial charge on any atom is -0.400 e. The first-order valence-corrected chi connectivity index (χ1v) is 5.30. The van der Waals surface area contributed by atoms with Gasteiger partial charge in [-0.05, 0) is 31.4 Å². The average Bonchev–Trinajstić information content (AvgIpc) is 2.27. The lowest BCUT2D eigenvalue weighted by atomic mass is 10.1. The smallest absolute Gasteiger partial charge is 0.0430 e. The molecule has 0 unspecified atom stereocenters. The molecule has 1 aromatic rings. The van der Waals surface area contributed by atoms with Crippen LogP contribution in [0.4, 0.5) is 0 Å². The fourth-order valence-electron chi connectivity index (χ4n) is 0.821. The second-order valence-corrected chi connectivity index (χ2v) is 3.16. The Bertz CT molecular complexity index is 199. The molecule has 0 bridgehead atoms. The second kappa shape index (κ2) is 13.1. The van der Waals surface area contributed by atoms with Gasteiger partial charge in [0.25, 0.3) is 0 Å². The molecule has 0 amide bonds. The topological polar surface area (TPSA) is 40.5 Å². The minimum atomic E-state index is 0.344. The van der Waals surface area contributed by atoms with E-state index in [0.29, 0.717) is 6.61 Å². The minimum absolute atomic E-state index is 0.344. The molecule has 0 atom stereocenters. The largest absolute Gasteiger partial charge is 0.400 e. The molecule has 0 aromatic heterocycles. The summed E-state index contributed by atoms with van der Waals surface area (Å²) in [6.07, 6.45) is 2.04. The molecule has 88 valence electrons. The lowest BCUT2D eigenvalue weighted by Gasteiger charge is -1.93. The molecule has 2 heteroatoms. The van der Waals surface area contributed by atoms with Crippen molar-refractivity contribution in [3.63, 3.8) is 0 Å². The fourth-order valence-corrected chi connectivity index (χ4v) is 0.821. The van der Waals surface area contributed by atoms with Crippen molar-refractivity contribution in [1.82, 2.24) is 0 Å². The third-order valence-electron chi connectivity index (χ3n) is 1.94. The summed E-state index contributed by atoms with van der Waals surface area (Å²) in [6, 6.07) is 8.36. The summed E-state index contributed by atoms with van der Waals surface area (Å²) in [5.41, 5.74) is 2.74. The van der Waals surface area contributed by atoms with Gasteiger partial charge in [-0.1, -0.05) is 37.6 Å². The summed E-state index contributed by atoms with van der Waals surface area (Å²) >= 11 is 0. The molecule has 1 rings (SSSR count). The third kappa shape index (κ3) is 11.1. The molecule has 0 saturated carbocycles. The van der Waals surface area contributed by atoms with Crippen LogP contribution in [0.2, 0.25) is 0 Å². The van der Waals surface area contributed by atoms with Gasteiger partial charge in [0.1, 0.15) is 0 Å². The molecule has 2 nitrogen and oxygen atoms in total. The molecule has 2 N–H and O–H groups in total. The van der Waals surface area contributed by atoms with Crippen molar-refractivity contribution >= 4 is 0 Å². The van der Waals surface area contributed by atoms with Crippen LogP contribution < -0.4 is 0 Å². The first-order chi connectivity index (χ1) is 7.22. The number of aryl methyl sites for hydroxylation is 2. The van der Waals surface area contributed by atoms with Crippen LogP contribution >= 0.6 is 0 Å². The lowest BCUT2D eigenvalue weighted by Crippen LogP contribution is -1.75. The first-order valence-electron chi connectivity index (χ1n) is 5.30. The van der Waals surface area contributed by atoms with E-state index in [4.69, 9.17) is 10.2 Å². The SMILES string of the molecule is CCCCO.CO.Cc1ccccc1C. The highest BCUT2D eigenvalue weighted by Crippen LogP contribution is 2.02. The van der Waals surface area contributed by atoms with Gasteiger partial charge in [0.05, 0.1) is 0 Å². The maximum atomic E-state index is 8.07. The number of hydrogen-bond donors (Lipinski definition) is 2. The van der Waals surface area contributed by atoms with Gasteiger partial charge in [-0.25, -0.2) is 0 Å². The maximum absolute atomic E-state index is 8.07. The van der Waals surface area contributed by atoms with Crippen LogP contribution in [0, 0.1) is 13.8 Å². The van der Waals surface area contributed by atoms with E-state index in [1.807, 2.05) is 0 Å². The Balaban J connectivity index is 0. The average molecular weight is 212 g/mol. The summed E-state index contributed by atoms with van der Waals surface area (Å²) in [4.78, 5) is 0. The molecule has 0 spiro atoms. The predicted molar refractivity (Wildman–Crippen MR) is 66.1 cm³/mol. The van der Waals surface area contributed by atoms with Crippen molar-refractivity contribution < 1.29 is 10.2 Å². The number of aliphatic hydroxyl groups excluding tert-OH is 2. The molecular formula is C13H24O2. The van der Waals surface area contributed by atoms with E-state index < -0.39 is 0 Å². The van der Waals surface area contributed by atoms with Gasteiger partial charge in [0.2, 0.25) is 0 Å². The molecule has 0 aliphatic heterocycles. The third-order valence-corrected chi connectivity index (χ3v) is 1.94. The van der Waals surface area contributed by atoms with Gasteiger partial charge in [0, 0.05) is 13.7 Å². The summed E-state index contributed by atoms with van der Waals surface area (Å²) in [6.45, 7) is 6.64. The van der Waals surface area contributed by atoms with Gasteiger partial charge in [-0.15, -0.1) is 0 Å². The molecule has 0 fully saturated rings. The Kier molecular flexibility index (Phi) is 14.5. The lowest BCUT2D eigenvalue weighted by molar-refractivity contribution is 0.287. The van der Waals surface area contributed by atoms with Crippen molar-refractivity contribution in [2.24, 2.45) is 0 Å². The van der Waals surface area contributed by atoms with Crippen LogP contribution in [0.25, 0.3) is 0 Å². The van der Waals surface area contributed by atoms with E-state index in [1.54, 1.807) is 0 Å². The summed E-state index contributed by atoms with van der Waals surface area (Å²) in [5.74, 6) is 0. The van der Waals surface area contributed by atoms with Crippen molar-refractivity contribution in [1.29, 1.82) is 0 Å². The van der Waals surface area contributed by atoms with Crippen LogP contribution in [0.15, 0.2) is 24.3 Å². The van der Waals surface area contributed by atoms with E-state index in [2.05, 4.69) is 45.0 Å². The van der Waals surface area contributed by atoms with Crippen LogP contribution in [0.3, 0.4) is 0 Å². The molecule has 15 heavy (non-hydrogen) atoms. The maximum Gasteiger partial charge on any atom is 0.0430 e. The Labute approximate surface area is 93.6 Å². The molecular weight excluding hydrogens is 188 g/mol. The first kappa shape index (κ1) is 16.6. The molecule has 1 aromatic carbocycles. The standard InChI is InChI=1S/C8H10.C4H10O.CH4O/c1-7-5-3-4-6-8(7)2;1-2-3-4-5;1-2/h3-6H,1-2H3;5H,2-4H2,1H3;2H,1H3. The zero-order valence-electron chi connectivity index (χ0n) is 10.3. The number of aliphatic hydroxyl groups is 2. The number of rotatable bonds is 2. The van der Waals surface area contributed by atoms with Crippen molar-refractivity contribution in [2.45, 2.75) is 33.6 Å². The molecule has 0 saturated heterocycles. The fraction of sp³-hybridized carbons (Fsp3) is 0.538. The van der Waals surface area contributed by atoms with Crippen LogP contribution in [-0.4, -0.2) is 23.9 Å². The van der Waals surface area contributed by atoms with E-state index in [-0.39, 0.29) is 0 Å². The highest BCUT2D eigenvalue weighted by atomic mass is 16.3. The van der Waals surface area contributed by atoms with Gasteiger partial charge < -0.3 is 10.2 Å². The molecule has 0 aliphatic carbocycles. The van der Waals surface area contributed by atoms with E-state index in [9.17, 15) is 0 Å². The predicted octanol–water partition coefficient (Wildman–Crippen LogP) is 2.69. The van der Waals surface area contributed by atoms with Crippen molar-refractivity contribution in [3.8, 4) is 0 Å². The van der Waals surface area contributed by atoms with E-state index in [1.165, 1.54) is 11.1 Å². The summed E-state index contributed by atoms with van der Waals surface area (Å²) in [5, 5.41) is 15.1. The molecule has 0 heterocycles. The Morgan fingerprint density at radius 3 is 1.53 bits per heavy atom. The molecule has 0 aliphatic rings. The number of hydrogen-bond acceptors (Lipinski definition) is 2. The Morgan fingerprint density at radius 2 is 1.40 bits per heavy atom. The van der Waals surface area contributed by atoms with Crippen LogP contribution in [0.1, 0.15) is 30.9 Å². The molecule has 0 radical (unpaired) electrons. The summed E-state index contributed by atoms with van der Waals surface area (Å²) in [7, 11) is 1.00. The zero-order valence-corrected chi connectivity index (χ0v) is 10.3. The Morgan fingerprint density at radius 1 is 1.00 bits per heavy atom. The van der Waals surface area contributed by atoms with Gasteiger partial charge in [-0.2, -0.15) is 0 Å². The van der Waals surface area contributed by atoms with Gasteiger partial charge in [-0.3, -0.25) is 0 Å².